The van der Waals surface area contributed by atoms with Crippen LogP contribution in [0.15, 0.2) is 83.8 Å². The molecule has 0 aliphatic rings. The molecule has 0 bridgehead atoms. The zero-order valence-electron chi connectivity index (χ0n) is 16.4. The van der Waals surface area contributed by atoms with Crippen molar-refractivity contribution in [1.29, 1.82) is 0 Å². The van der Waals surface area contributed by atoms with Crippen molar-refractivity contribution >= 4 is 27.3 Å². The molecule has 0 atom stereocenters. The van der Waals surface area contributed by atoms with E-state index in [1.54, 1.807) is 48.5 Å². The molecule has 30 heavy (non-hydrogen) atoms. The first-order valence-corrected chi connectivity index (χ1v) is 10.7. The quantitative estimate of drug-likeness (QED) is 0.578. The van der Waals surface area contributed by atoms with E-state index in [4.69, 9.17) is 0 Å². The molecule has 156 valence electrons. The number of para-hydroxylation sites is 1. The van der Waals surface area contributed by atoms with Gasteiger partial charge in [0.25, 0.3) is 10.0 Å². The van der Waals surface area contributed by atoms with Crippen molar-refractivity contribution in [3.63, 3.8) is 0 Å². The van der Waals surface area contributed by atoms with Crippen LogP contribution in [-0.2, 0) is 21.4 Å². The van der Waals surface area contributed by atoms with Crippen LogP contribution in [0.25, 0.3) is 0 Å². The molecular weight excluding hydrogens is 405 g/mol. The summed E-state index contributed by atoms with van der Waals surface area (Å²) in [7, 11) is -2.25. The SMILES string of the molecule is CN(c1ccccc1)S(=O)(=O)c1cccc(NCC(=O)NCc2ccc(F)cc2)c1. The fourth-order valence-corrected chi connectivity index (χ4v) is 3.99. The van der Waals surface area contributed by atoms with Crippen LogP contribution in [-0.4, -0.2) is 27.9 Å². The van der Waals surface area contributed by atoms with Gasteiger partial charge in [-0.1, -0.05) is 36.4 Å². The van der Waals surface area contributed by atoms with Gasteiger partial charge in [-0.3, -0.25) is 9.10 Å². The molecule has 1 amide bonds. The van der Waals surface area contributed by atoms with Gasteiger partial charge in [0.15, 0.2) is 0 Å². The number of sulfonamides is 1. The first-order chi connectivity index (χ1) is 14.4. The topological polar surface area (TPSA) is 78.5 Å². The lowest BCUT2D eigenvalue weighted by atomic mass is 10.2. The number of nitrogens with one attached hydrogen (secondary N) is 2. The number of amides is 1. The largest absolute Gasteiger partial charge is 0.376 e. The highest BCUT2D eigenvalue weighted by Gasteiger charge is 2.21. The van der Waals surface area contributed by atoms with Gasteiger partial charge in [0.1, 0.15) is 5.82 Å². The number of halogens is 1. The van der Waals surface area contributed by atoms with Gasteiger partial charge in [0.05, 0.1) is 17.1 Å². The summed E-state index contributed by atoms with van der Waals surface area (Å²) in [6.07, 6.45) is 0. The van der Waals surface area contributed by atoms with Crippen LogP contribution in [0.5, 0.6) is 0 Å². The maximum atomic E-state index is 12.9. The Hall–Kier alpha value is -3.39. The van der Waals surface area contributed by atoms with Gasteiger partial charge in [-0.25, -0.2) is 12.8 Å². The summed E-state index contributed by atoms with van der Waals surface area (Å²) in [4.78, 5) is 12.2. The number of carbonyl (C=O) groups excluding carboxylic acids is 1. The summed E-state index contributed by atoms with van der Waals surface area (Å²) in [5, 5.41) is 5.65. The normalized spacial score (nSPS) is 11.0. The van der Waals surface area contributed by atoms with E-state index in [1.165, 1.54) is 35.6 Å². The Morgan fingerprint density at radius 3 is 2.37 bits per heavy atom. The molecule has 0 radical (unpaired) electrons. The maximum absolute atomic E-state index is 12.9. The van der Waals surface area contributed by atoms with Gasteiger partial charge in [-0.05, 0) is 48.0 Å². The molecule has 0 saturated heterocycles. The smallest absolute Gasteiger partial charge is 0.264 e. The number of carbonyl (C=O) groups is 1. The van der Waals surface area contributed by atoms with Gasteiger partial charge in [0, 0.05) is 19.3 Å². The average molecular weight is 428 g/mol. The summed E-state index contributed by atoms with van der Waals surface area (Å²) in [5.74, 6) is -0.603. The van der Waals surface area contributed by atoms with E-state index in [0.717, 1.165) is 5.56 Å². The lowest BCUT2D eigenvalue weighted by Crippen LogP contribution is -2.29. The average Bonchev–Trinajstić information content (AvgIpc) is 2.77. The molecule has 3 aromatic rings. The predicted octanol–water partition coefficient (Wildman–Crippen LogP) is 3.38. The fourth-order valence-electron chi connectivity index (χ4n) is 2.75. The Bertz CT molecular complexity index is 1100. The third-order valence-electron chi connectivity index (χ3n) is 4.47. The highest BCUT2D eigenvalue weighted by atomic mass is 32.2. The van der Waals surface area contributed by atoms with E-state index in [9.17, 15) is 17.6 Å². The van der Waals surface area contributed by atoms with E-state index in [-0.39, 0.29) is 29.7 Å². The Labute approximate surface area is 175 Å². The Balaban J connectivity index is 1.61. The van der Waals surface area contributed by atoms with Crippen molar-refractivity contribution in [3.8, 4) is 0 Å². The van der Waals surface area contributed by atoms with Crippen molar-refractivity contribution in [3.05, 3.63) is 90.2 Å². The molecule has 0 aromatic heterocycles. The van der Waals surface area contributed by atoms with Gasteiger partial charge in [-0.15, -0.1) is 0 Å². The van der Waals surface area contributed by atoms with Crippen LogP contribution >= 0.6 is 0 Å². The van der Waals surface area contributed by atoms with Crippen LogP contribution in [0, 0.1) is 5.82 Å². The first kappa shape index (κ1) is 21.3. The summed E-state index contributed by atoms with van der Waals surface area (Å²) in [6.45, 7) is 0.246. The Morgan fingerprint density at radius 2 is 1.67 bits per heavy atom. The lowest BCUT2D eigenvalue weighted by Gasteiger charge is -2.20. The molecule has 0 fully saturated rings. The third kappa shape index (κ3) is 5.36. The molecule has 8 heteroatoms. The number of nitrogens with zero attached hydrogens (tertiary/aromatic N) is 1. The molecular formula is C22H22FN3O3S. The first-order valence-electron chi connectivity index (χ1n) is 9.25. The van der Waals surface area contributed by atoms with Gasteiger partial charge in [-0.2, -0.15) is 0 Å². The van der Waals surface area contributed by atoms with Crippen LogP contribution in [0.3, 0.4) is 0 Å². The monoisotopic (exact) mass is 427 g/mol. The van der Waals surface area contributed by atoms with Crippen molar-refractivity contribution in [1.82, 2.24) is 5.32 Å². The summed E-state index contributed by atoms with van der Waals surface area (Å²) >= 11 is 0. The number of hydrogen-bond donors (Lipinski definition) is 2. The minimum Gasteiger partial charge on any atom is -0.376 e. The molecule has 0 heterocycles. The van der Waals surface area contributed by atoms with Crippen molar-refractivity contribution in [2.45, 2.75) is 11.4 Å². The minimum absolute atomic E-state index is 0.0286. The van der Waals surface area contributed by atoms with Gasteiger partial charge < -0.3 is 10.6 Å². The van der Waals surface area contributed by atoms with E-state index in [1.807, 2.05) is 6.07 Å². The second-order valence-corrected chi connectivity index (χ2v) is 8.56. The highest BCUT2D eigenvalue weighted by molar-refractivity contribution is 7.92. The standard InChI is InChI=1S/C22H22FN3O3S/c1-26(20-7-3-2-4-8-20)30(28,29)21-9-5-6-19(14-21)24-16-22(27)25-15-17-10-12-18(23)13-11-17/h2-14,24H,15-16H2,1H3,(H,25,27). The predicted molar refractivity (Wildman–Crippen MR) is 115 cm³/mol. The number of hydrogen-bond acceptors (Lipinski definition) is 4. The van der Waals surface area contributed by atoms with E-state index < -0.39 is 10.0 Å². The molecule has 3 rings (SSSR count). The number of rotatable bonds is 8. The summed E-state index contributed by atoms with van der Waals surface area (Å²) in [6, 6.07) is 20.9. The van der Waals surface area contributed by atoms with Crippen LogP contribution < -0.4 is 14.9 Å². The van der Waals surface area contributed by atoms with E-state index in [0.29, 0.717) is 11.4 Å². The minimum atomic E-state index is -3.74. The Kier molecular flexibility index (Phi) is 6.68. The lowest BCUT2D eigenvalue weighted by molar-refractivity contribution is -0.119. The van der Waals surface area contributed by atoms with Crippen molar-refractivity contribution in [2.75, 3.05) is 23.2 Å². The Morgan fingerprint density at radius 1 is 0.967 bits per heavy atom. The van der Waals surface area contributed by atoms with E-state index >= 15 is 0 Å². The molecule has 0 unspecified atom stereocenters. The van der Waals surface area contributed by atoms with Gasteiger partial charge in [0.2, 0.25) is 5.91 Å². The van der Waals surface area contributed by atoms with E-state index in [2.05, 4.69) is 10.6 Å². The van der Waals surface area contributed by atoms with Crippen LogP contribution in [0.2, 0.25) is 0 Å². The molecule has 3 aromatic carbocycles. The van der Waals surface area contributed by atoms with Crippen LogP contribution in [0.4, 0.5) is 15.8 Å². The molecule has 0 saturated carbocycles. The molecule has 0 aliphatic heterocycles. The zero-order chi connectivity index (χ0) is 21.6. The zero-order valence-corrected chi connectivity index (χ0v) is 17.2. The van der Waals surface area contributed by atoms with Crippen LogP contribution in [0.1, 0.15) is 5.56 Å². The molecule has 0 spiro atoms. The number of benzene rings is 3. The summed E-state index contributed by atoms with van der Waals surface area (Å²) < 4.78 is 39.9. The second-order valence-electron chi connectivity index (χ2n) is 6.59. The highest BCUT2D eigenvalue weighted by Crippen LogP contribution is 2.23. The molecule has 0 aliphatic carbocycles. The fraction of sp³-hybridized carbons (Fsp3) is 0.136. The summed E-state index contributed by atoms with van der Waals surface area (Å²) in [5.41, 5.74) is 1.84. The molecule has 6 nitrogen and oxygen atoms in total. The maximum Gasteiger partial charge on any atom is 0.264 e. The molecule has 2 N–H and O–H groups in total. The third-order valence-corrected chi connectivity index (χ3v) is 6.25. The van der Waals surface area contributed by atoms with Crippen molar-refractivity contribution < 1.29 is 17.6 Å². The van der Waals surface area contributed by atoms with Gasteiger partial charge >= 0.3 is 0 Å². The number of anilines is 2. The van der Waals surface area contributed by atoms with Crippen molar-refractivity contribution in [2.24, 2.45) is 0 Å². The second kappa shape index (κ2) is 9.41.